The van der Waals surface area contributed by atoms with E-state index in [0.717, 1.165) is 112 Å². The zero-order valence-electron chi connectivity index (χ0n) is 42.2. The van der Waals surface area contributed by atoms with Crippen molar-refractivity contribution in [1.82, 2.24) is 20.6 Å². The molecule has 75 heavy (non-hydrogen) atoms. The maximum atomic E-state index is 11.6. The first-order valence-corrected chi connectivity index (χ1v) is 27.0. The monoisotopic (exact) mass is 970 g/mol. The Kier molecular flexibility index (Phi) is 12.1. The summed E-state index contributed by atoms with van der Waals surface area (Å²) in [6.45, 7) is 2.25. The van der Waals surface area contributed by atoms with E-state index in [2.05, 4.69) is 230 Å². The average molecular weight is 971 g/mol. The summed E-state index contributed by atoms with van der Waals surface area (Å²) in [7, 11) is 0. The van der Waals surface area contributed by atoms with Gasteiger partial charge in [-0.1, -0.05) is 195 Å². The van der Waals surface area contributed by atoms with E-state index in [-0.39, 0.29) is 41.7 Å². The molecule has 2 aliphatic heterocycles. The van der Waals surface area contributed by atoms with E-state index in [1.807, 2.05) is 0 Å². The SMILES string of the molecule is CC1C=C(C2=C(C#N)C(c3cccc(C4C(C#N)=C(C5C=CC=CC5)NC5c6nc(-c7ccccc7)cc(-c7ccccc7)c6CCC54)c3)C3CCc4c(-c5ccccc5)cc(-c5ccccc5)nc4C3N2)C=CC1. The largest absolute Gasteiger partial charge is 0.378 e. The van der Waals surface area contributed by atoms with Gasteiger partial charge >= 0.3 is 0 Å². The lowest BCUT2D eigenvalue weighted by atomic mass is 9.64. The van der Waals surface area contributed by atoms with Crippen molar-refractivity contribution in [3.63, 3.8) is 0 Å². The van der Waals surface area contributed by atoms with Crippen LogP contribution in [-0.2, 0) is 12.8 Å². The first kappa shape index (κ1) is 46.2. The minimum Gasteiger partial charge on any atom is -0.378 e. The lowest BCUT2D eigenvalue weighted by Gasteiger charge is -2.46. The van der Waals surface area contributed by atoms with Crippen LogP contribution in [0.25, 0.3) is 44.8 Å². The predicted molar refractivity (Wildman–Crippen MR) is 300 cm³/mol. The van der Waals surface area contributed by atoms with Crippen LogP contribution in [-0.4, -0.2) is 9.97 Å². The molecule has 5 aromatic carbocycles. The Hall–Kier alpha value is -8.58. The predicted octanol–water partition coefficient (Wildman–Crippen LogP) is 15.3. The zero-order chi connectivity index (χ0) is 50.4. The van der Waals surface area contributed by atoms with Crippen LogP contribution in [0.4, 0.5) is 0 Å². The van der Waals surface area contributed by atoms with Crippen molar-refractivity contribution in [2.45, 2.75) is 69.4 Å². The summed E-state index contributed by atoms with van der Waals surface area (Å²) in [5.41, 5.74) is 20.3. The van der Waals surface area contributed by atoms with Crippen LogP contribution in [0.3, 0.4) is 0 Å². The lowest BCUT2D eigenvalue weighted by molar-refractivity contribution is 0.271. The van der Waals surface area contributed by atoms with Gasteiger partial charge in [0, 0.05) is 34.6 Å². The average Bonchev–Trinajstić information content (AvgIpc) is 3.48. The zero-order valence-corrected chi connectivity index (χ0v) is 42.2. The molecule has 4 aliphatic carbocycles. The Morgan fingerprint density at radius 3 is 1.56 bits per heavy atom. The number of hydrogen-bond donors (Lipinski definition) is 2. The van der Waals surface area contributed by atoms with E-state index in [4.69, 9.17) is 9.97 Å². The molecule has 0 fully saturated rings. The van der Waals surface area contributed by atoms with Crippen molar-refractivity contribution in [2.24, 2.45) is 23.7 Å². The molecule has 0 amide bonds. The van der Waals surface area contributed by atoms with Crippen LogP contribution in [0.1, 0.15) is 90.2 Å². The summed E-state index contributed by atoms with van der Waals surface area (Å²) in [6.07, 6.45) is 20.7. The van der Waals surface area contributed by atoms with Gasteiger partial charge in [-0.05, 0) is 118 Å². The summed E-state index contributed by atoms with van der Waals surface area (Å²) >= 11 is 0. The fourth-order valence-corrected chi connectivity index (χ4v) is 13.5. The van der Waals surface area contributed by atoms with Crippen molar-refractivity contribution in [3.05, 3.63) is 262 Å². The molecule has 364 valence electrons. The molecule has 6 aliphatic rings. The topological polar surface area (TPSA) is 97.4 Å². The third kappa shape index (κ3) is 8.36. The standard InChI is InChI=1S/C69H58N6/c1-43-19-17-32-51(37-43)65-59(42-71)63(55-36-34-53-57(45-22-9-3-10-23-45)40-61(47-26-13-5-14-27-47)73-67(53)69(55)75-65)50-31-18-30-49(38-50)62-54-35-33-52-56(44-20-7-2-8-21-44)39-60(46-24-11-4-12-25-46)72-66(52)68(54)74-64(58(62)41-70)48-28-15-6-16-29-48/h2-18,20-28,30-32,37-40,43,48,54-55,62-63,68-69,74-75H,19,29,33-36H2,1H3. The number of nitrogens with one attached hydrogen (secondary N) is 2. The van der Waals surface area contributed by atoms with E-state index in [1.54, 1.807) is 0 Å². The van der Waals surface area contributed by atoms with Gasteiger partial charge in [-0.15, -0.1) is 0 Å². The Morgan fingerprint density at radius 1 is 0.533 bits per heavy atom. The minimum atomic E-state index is -0.230. The Labute approximate surface area is 441 Å². The highest BCUT2D eigenvalue weighted by atomic mass is 15.0. The van der Waals surface area contributed by atoms with Crippen LogP contribution in [0.2, 0.25) is 0 Å². The molecule has 2 N–H and O–H groups in total. The van der Waals surface area contributed by atoms with E-state index in [0.29, 0.717) is 5.92 Å². The quantitative estimate of drug-likeness (QED) is 0.157. The molecule has 0 radical (unpaired) electrons. The second kappa shape index (κ2) is 19.7. The van der Waals surface area contributed by atoms with E-state index in [9.17, 15) is 10.5 Å². The molecular formula is C69H58N6. The Bertz CT molecular complexity index is 3630. The van der Waals surface area contributed by atoms with Gasteiger partial charge in [0.15, 0.2) is 0 Å². The van der Waals surface area contributed by atoms with Gasteiger partial charge in [-0.3, -0.25) is 9.97 Å². The Morgan fingerprint density at radius 2 is 1.05 bits per heavy atom. The number of fused-ring (bicyclic) bond motifs is 6. The maximum Gasteiger partial charge on any atom is 0.0975 e. The fraction of sp³-hybridized carbons (Fsp3) is 0.217. The summed E-state index contributed by atoms with van der Waals surface area (Å²) in [4.78, 5) is 11.3. The molecule has 8 atom stereocenters. The van der Waals surface area contributed by atoms with Crippen molar-refractivity contribution in [3.8, 4) is 56.9 Å². The van der Waals surface area contributed by atoms with Crippen molar-refractivity contribution in [1.29, 1.82) is 10.5 Å². The third-order valence-corrected chi connectivity index (χ3v) is 16.9. The highest BCUT2D eigenvalue weighted by Crippen LogP contribution is 2.55. The number of hydrogen-bond acceptors (Lipinski definition) is 6. The summed E-state index contributed by atoms with van der Waals surface area (Å²) in [6, 6.07) is 61.6. The van der Waals surface area contributed by atoms with Gasteiger partial charge in [0.2, 0.25) is 0 Å². The number of rotatable bonds is 8. The molecule has 0 bridgehead atoms. The first-order chi connectivity index (χ1) is 37.0. The molecule has 0 saturated carbocycles. The minimum absolute atomic E-state index is 0.0176. The van der Waals surface area contributed by atoms with Gasteiger partial charge in [0.25, 0.3) is 0 Å². The molecule has 8 unspecified atom stereocenters. The van der Waals surface area contributed by atoms with Crippen LogP contribution in [0.15, 0.2) is 228 Å². The summed E-state index contributed by atoms with van der Waals surface area (Å²) in [5.74, 6) is -0.0239. The first-order valence-electron chi connectivity index (χ1n) is 27.0. The van der Waals surface area contributed by atoms with Crippen LogP contribution in [0, 0.1) is 46.3 Å². The molecule has 0 spiro atoms. The highest BCUT2D eigenvalue weighted by molar-refractivity contribution is 5.77. The Balaban J connectivity index is 0.980. The fourth-order valence-electron chi connectivity index (χ4n) is 13.5. The molecule has 6 nitrogen and oxygen atoms in total. The number of pyridine rings is 2. The smallest absolute Gasteiger partial charge is 0.0975 e. The lowest BCUT2D eigenvalue weighted by Crippen LogP contribution is -2.43. The van der Waals surface area contributed by atoms with Crippen LogP contribution < -0.4 is 10.6 Å². The second-order valence-electron chi connectivity index (χ2n) is 21.3. The summed E-state index contributed by atoms with van der Waals surface area (Å²) < 4.78 is 0. The summed E-state index contributed by atoms with van der Waals surface area (Å²) in [5, 5.41) is 31.3. The number of nitrogens with zero attached hydrogens (tertiary/aromatic N) is 4. The maximum absolute atomic E-state index is 11.6. The third-order valence-electron chi connectivity index (χ3n) is 16.9. The van der Waals surface area contributed by atoms with Gasteiger partial charge < -0.3 is 10.6 Å². The molecule has 6 heteroatoms. The van der Waals surface area contributed by atoms with Gasteiger partial charge in [0.1, 0.15) is 0 Å². The van der Waals surface area contributed by atoms with Gasteiger partial charge in [-0.25, -0.2) is 0 Å². The molecule has 7 aromatic rings. The van der Waals surface area contributed by atoms with E-state index in [1.165, 1.54) is 33.4 Å². The van der Waals surface area contributed by atoms with Gasteiger partial charge in [-0.2, -0.15) is 10.5 Å². The number of benzene rings is 5. The highest BCUT2D eigenvalue weighted by Gasteiger charge is 2.48. The molecular weight excluding hydrogens is 913 g/mol. The molecule has 2 aromatic heterocycles. The number of aromatic nitrogens is 2. The van der Waals surface area contributed by atoms with Crippen LogP contribution >= 0.6 is 0 Å². The number of allylic oxidation sites excluding steroid dienone is 9. The number of nitriles is 2. The van der Waals surface area contributed by atoms with E-state index >= 15 is 0 Å². The normalized spacial score (nSPS) is 24.3. The molecule has 13 rings (SSSR count). The molecule has 4 heterocycles. The van der Waals surface area contributed by atoms with Crippen molar-refractivity contribution >= 4 is 0 Å². The molecule has 0 saturated heterocycles. The van der Waals surface area contributed by atoms with Gasteiger partial charge in [0.05, 0.1) is 63.8 Å². The second-order valence-corrected chi connectivity index (χ2v) is 21.3. The van der Waals surface area contributed by atoms with E-state index < -0.39 is 0 Å². The van der Waals surface area contributed by atoms with Crippen molar-refractivity contribution < 1.29 is 0 Å². The van der Waals surface area contributed by atoms with Crippen LogP contribution in [0.5, 0.6) is 0 Å². The van der Waals surface area contributed by atoms with Crippen molar-refractivity contribution in [2.75, 3.05) is 0 Å².